The maximum Gasteiger partial charge on any atom is 0.0462 e. The Labute approximate surface area is 108 Å². The fourth-order valence-corrected chi connectivity index (χ4v) is 2.90. The minimum absolute atomic E-state index is 0.866. The summed E-state index contributed by atoms with van der Waals surface area (Å²) < 4.78 is 0. The Morgan fingerprint density at radius 2 is 2.12 bits per heavy atom. The van der Waals surface area contributed by atoms with Gasteiger partial charge in [0.25, 0.3) is 0 Å². The van der Waals surface area contributed by atoms with Crippen molar-refractivity contribution in [1.29, 1.82) is 0 Å². The molecule has 1 N–H and O–H groups in total. The third-order valence-electron chi connectivity index (χ3n) is 2.38. The van der Waals surface area contributed by atoms with E-state index in [-0.39, 0.29) is 0 Å². The molecule has 0 unspecified atom stereocenters. The van der Waals surface area contributed by atoms with Gasteiger partial charge in [0.2, 0.25) is 0 Å². The van der Waals surface area contributed by atoms with Gasteiger partial charge in [-0.05, 0) is 36.4 Å². The molecule has 1 aromatic rings. The molecule has 90 valence electrons. The number of thioether (sulfide) groups is 1. The molecular formula is C13H20ClNS. The lowest BCUT2D eigenvalue weighted by Crippen LogP contribution is -2.12. The summed E-state index contributed by atoms with van der Waals surface area (Å²) in [5, 5.41) is 4.22. The van der Waals surface area contributed by atoms with Gasteiger partial charge in [-0.25, -0.2) is 0 Å². The van der Waals surface area contributed by atoms with E-state index in [4.69, 9.17) is 11.6 Å². The number of nitrogens with one attached hydrogen (secondary N) is 1. The lowest BCUT2D eigenvalue weighted by Gasteiger charge is -2.11. The Balaban J connectivity index is 2.68. The Bertz CT molecular complexity index is 315. The van der Waals surface area contributed by atoms with E-state index in [0.29, 0.717) is 0 Å². The van der Waals surface area contributed by atoms with Crippen LogP contribution in [0.5, 0.6) is 0 Å². The molecule has 1 aromatic carbocycles. The van der Waals surface area contributed by atoms with Crippen molar-refractivity contribution in [2.24, 2.45) is 0 Å². The molecule has 0 amide bonds. The maximum atomic E-state index is 6.22. The van der Waals surface area contributed by atoms with Crippen molar-refractivity contribution in [1.82, 2.24) is 5.32 Å². The molecule has 0 heterocycles. The smallest absolute Gasteiger partial charge is 0.0462 e. The van der Waals surface area contributed by atoms with E-state index in [1.165, 1.54) is 29.1 Å². The van der Waals surface area contributed by atoms with Gasteiger partial charge >= 0.3 is 0 Å². The summed E-state index contributed by atoms with van der Waals surface area (Å²) in [5.74, 6) is 1.18. The monoisotopic (exact) mass is 257 g/mol. The predicted octanol–water partition coefficient (Wildman–Crippen LogP) is 4.34. The van der Waals surface area contributed by atoms with Gasteiger partial charge in [-0.3, -0.25) is 0 Å². The van der Waals surface area contributed by atoms with E-state index in [1.54, 1.807) is 0 Å². The van der Waals surface area contributed by atoms with Crippen molar-refractivity contribution < 1.29 is 0 Å². The number of benzene rings is 1. The van der Waals surface area contributed by atoms with Crippen LogP contribution in [0.3, 0.4) is 0 Å². The zero-order valence-electron chi connectivity index (χ0n) is 10.1. The van der Waals surface area contributed by atoms with E-state index in [9.17, 15) is 0 Å². The first kappa shape index (κ1) is 13.9. The second-order valence-electron chi connectivity index (χ2n) is 3.70. The predicted molar refractivity (Wildman–Crippen MR) is 74.5 cm³/mol. The summed E-state index contributed by atoms with van der Waals surface area (Å²) in [6, 6.07) is 6.17. The molecule has 0 bridgehead atoms. The second kappa shape index (κ2) is 7.99. The van der Waals surface area contributed by atoms with Crippen LogP contribution in [0.15, 0.2) is 23.1 Å². The van der Waals surface area contributed by atoms with E-state index in [2.05, 4.69) is 25.2 Å². The van der Waals surface area contributed by atoms with E-state index < -0.39 is 0 Å². The summed E-state index contributed by atoms with van der Waals surface area (Å²) in [5.41, 5.74) is 1.24. The zero-order chi connectivity index (χ0) is 11.8. The van der Waals surface area contributed by atoms with Crippen LogP contribution >= 0.6 is 23.4 Å². The van der Waals surface area contributed by atoms with Crippen LogP contribution in [-0.2, 0) is 6.54 Å². The van der Waals surface area contributed by atoms with E-state index in [1.807, 2.05) is 23.9 Å². The zero-order valence-corrected chi connectivity index (χ0v) is 11.6. The summed E-state index contributed by atoms with van der Waals surface area (Å²) in [7, 11) is 0. The average molecular weight is 258 g/mol. The Morgan fingerprint density at radius 3 is 2.81 bits per heavy atom. The molecule has 16 heavy (non-hydrogen) atoms. The summed E-state index contributed by atoms with van der Waals surface area (Å²) in [6.45, 7) is 6.17. The summed E-state index contributed by atoms with van der Waals surface area (Å²) in [6.07, 6.45) is 2.51. The van der Waals surface area contributed by atoms with Gasteiger partial charge in [-0.1, -0.05) is 37.9 Å². The molecule has 3 heteroatoms. The average Bonchev–Trinajstić information content (AvgIpc) is 2.28. The lowest BCUT2D eigenvalue weighted by atomic mass is 10.2. The van der Waals surface area contributed by atoms with Gasteiger partial charge in [0.15, 0.2) is 0 Å². The van der Waals surface area contributed by atoms with Gasteiger partial charge in [-0.2, -0.15) is 0 Å². The topological polar surface area (TPSA) is 12.0 Å². The highest BCUT2D eigenvalue weighted by molar-refractivity contribution is 7.99. The van der Waals surface area contributed by atoms with Crippen molar-refractivity contribution in [2.75, 3.05) is 12.3 Å². The molecular weight excluding hydrogens is 238 g/mol. The molecule has 0 spiro atoms. The molecule has 1 rings (SSSR count). The van der Waals surface area contributed by atoms with Gasteiger partial charge in [0.1, 0.15) is 0 Å². The van der Waals surface area contributed by atoms with Crippen LogP contribution in [0, 0.1) is 0 Å². The third-order valence-corrected chi connectivity index (χ3v) is 3.92. The van der Waals surface area contributed by atoms with Crippen LogP contribution < -0.4 is 5.32 Å². The van der Waals surface area contributed by atoms with E-state index in [0.717, 1.165) is 18.1 Å². The Hall–Kier alpha value is -0.180. The third kappa shape index (κ3) is 4.36. The molecule has 0 fully saturated rings. The largest absolute Gasteiger partial charge is 0.313 e. The quantitative estimate of drug-likeness (QED) is 0.576. The lowest BCUT2D eigenvalue weighted by molar-refractivity contribution is 0.718. The molecule has 1 nitrogen and oxygen atoms in total. The van der Waals surface area contributed by atoms with Crippen molar-refractivity contribution >= 4 is 23.4 Å². The standard InChI is InChI=1S/C13H20ClNS/c1-3-5-9-16-13-8-6-7-12(14)11(13)10-15-4-2/h6-8,15H,3-5,9-10H2,1-2H3. The molecule has 0 atom stereocenters. The molecule has 0 saturated heterocycles. The normalized spacial score (nSPS) is 10.7. The van der Waals surface area contributed by atoms with Gasteiger partial charge < -0.3 is 5.32 Å². The molecule has 0 radical (unpaired) electrons. The van der Waals surface area contributed by atoms with Crippen molar-refractivity contribution in [2.45, 2.75) is 38.1 Å². The Morgan fingerprint density at radius 1 is 1.31 bits per heavy atom. The van der Waals surface area contributed by atoms with E-state index >= 15 is 0 Å². The first-order chi connectivity index (χ1) is 7.79. The fraction of sp³-hybridized carbons (Fsp3) is 0.538. The van der Waals surface area contributed by atoms with Crippen LogP contribution in [0.1, 0.15) is 32.3 Å². The van der Waals surface area contributed by atoms with Gasteiger partial charge in [-0.15, -0.1) is 11.8 Å². The highest BCUT2D eigenvalue weighted by Gasteiger charge is 2.06. The summed E-state index contributed by atoms with van der Waals surface area (Å²) in [4.78, 5) is 1.32. The molecule has 0 aromatic heterocycles. The second-order valence-corrected chi connectivity index (χ2v) is 5.24. The van der Waals surface area contributed by atoms with Gasteiger partial charge in [0.05, 0.1) is 0 Å². The first-order valence-electron chi connectivity index (χ1n) is 5.90. The number of hydrogen-bond donors (Lipinski definition) is 1. The molecule has 0 aliphatic carbocycles. The fourth-order valence-electron chi connectivity index (χ4n) is 1.42. The van der Waals surface area contributed by atoms with Crippen molar-refractivity contribution in [3.8, 4) is 0 Å². The highest BCUT2D eigenvalue weighted by Crippen LogP contribution is 2.29. The minimum atomic E-state index is 0.866. The highest BCUT2D eigenvalue weighted by atomic mass is 35.5. The SMILES string of the molecule is CCCCSc1cccc(Cl)c1CNCC. The van der Waals surface area contributed by atoms with Crippen LogP contribution in [-0.4, -0.2) is 12.3 Å². The molecule has 0 aliphatic heterocycles. The van der Waals surface area contributed by atoms with Crippen LogP contribution in [0.4, 0.5) is 0 Å². The van der Waals surface area contributed by atoms with Crippen molar-refractivity contribution in [3.05, 3.63) is 28.8 Å². The number of unbranched alkanes of at least 4 members (excludes halogenated alkanes) is 1. The van der Waals surface area contributed by atoms with Crippen molar-refractivity contribution in [3.63, 3.8) is 0 Å². The Kier molecular flexibility index (Phi) is 6.93. The first-order valence-corrected chi connectivity index (χ1v) is 7.26. The number of hydrogen-bond acceptors (Lipinski definition) is 2. The number of halogens is 1. The molecule has 0 saturated carbocycles. The molecule has 0 aliphatic rings. The summed E-state index contributed by atoms with van der Waals surface area (Å²) >= 11 is 8.14. The number of rotatable bonds is 7. The van der Waals surface area contributed by atoms with Gasteiger partial charge in [0, 0.05) is 16.5 Å². The minimum Gasteiger partial charge on any atom is -0.313 e. The maximum absolute atomic E-state index is 6.22. The van der Waals surface area contributed by atoms with Crippen LogP contribution in [0.25, 0.3) is 0 Å². The van der Waals surface area contributed by atoms with Crippen LogP contribution in [0.2, 0.25) is 5.02 Å².